The van der Waals surface area contributed by atoms with Crippen molar-refractivity contribution in [2.75, 3.05) is 66.1 Å². The molecule has 108 valence electrons. The third kappa shape index (κ3) is 7.31. The highest BCUT2D eigenvalue weighted by Crippen LogP contribution is 2.04. The summed E-state index contributed by atoms with van der Waals surface area (Å²) >= 11 is 0. The summed E-state index contributed by atoms with van der Waals surface area (Å²) in [6.45, 7) is 15.0. The molecular weight excluding hydrogens is 226 g/mol. The van der Waals surface area contributed by atoms with Gasteiger partial charge in [-0.15, -0.1) is 0 Å². The predicted octanol–water partition coefficient (Wildman–Crippen LogP) is 0.886. The first-order valence-corrected chi connectivity index (χ1v) is 7.36. The van der Waals surface area contributed by atoms with E-state index in [1.165, 1.54) is 39.3 Å². The zero-order valence-corrected chi connectivity index (χ0v) is 12.5. The zero-order valence-electron chi connectivity index (χ0n) is 12.5. The van der Waals surface area contributed by atoms with Crippen LogP contribution in [0.5, 0.6) is 0 Å². The van der Waals surface area contributed by atoms with Crippen molar-refractivity contribution in [2.45, 2.75) is 20.3 Å². The van der Waals surface area contributed by atoms with Gasteiger partial charge in [0.2, 0.25) is 0 Å². The highest BCUT2D eigenvalue weighted by molar-refractivity contribution is 4.73. The van der Waals surface area contributed by atoms with E-state index in [9.17, 15) is 0 Å². The summed E-state index contributed by atoms with van der Waals surface area (Å²) in [5, 5.41) is 3.48. The number of ether oxygens (including phenoxy) is 1. The molecule has 1 aliphatic heterocycles. The summed E-state index contributed by atoms with van der Waals surface area (Å²) < 4.78 is 5.03. The number of nitrogens with zero attached hydrogens (tertiary/aromatic N) is 2. The third-order valence-corrected chi connectivity index (χ3v) is 3.40. The SMILES string of the molecule is COCCCNCCN1CCN(CC(C)C)CC1. The van der Waals surface area contributed by atoms with Crippen LogP contribution in [0.3, 0.4) is 0 Å². The maximum absolute atomic E-state index is 5.03. The second-order valence-electron chi connectivity index (χ2n) is 5.63. The van der Waals surface area contributed by atoms with E-state index in [4.69, 9.17) is 4.74 Å². The highest BCUT2D eigenvalue weighted by atomic mass is 16.5. The van der Waals surface area contributed by atoms with E-state index < -0.39 is 0 Å². The molecule has 0 aromatic carbocycles. The third-order valence-electron chi connectivity index (χ3n) is 3.40. The first kappa shape index (κ1) is 15.9. The molecule has 0 aromatic heterocycles. The van der Waals surface area contributed by atoms with Gasteiger partial charge in [0.1, 0.15) is 0 Å². The molecule has 1 aliphatic rings. The Labute approximate surface area is 113 Å². The van der Waals surface area contributed by atoms with Gasteiger partial charge in [0.15, 0.2) is 0 Å². The van der Waals surface area contributed by atoms with Crippen LogP contribution < -0.4 is 5.32 Å². The van der Waals surface area contributed by atoms with Gasteiger partial charge >= 0.3 is 0 Å². The summed E-state index contributed by atoms with van der Waals surface area (Å²) in [5.74, 6) is 0.791. The molecular formula is C14H31N3O. The van der Waals surface area contributed by atoms with E-state index >= 15 is 0 Å². The maximum Gasteiger partial charge on any atom is 0.0474 e. The Morgan fingerprint density at radius 2 is 1.72 bits per heavy atom. The molecule has 4 nitrogen and oxygen atoms in total. The molecule has 18 heavy (non-hydrogen) atoms. The lowest BCUT2D eigenvalue weighted by molar-refractivity contribution is 0.122. The number of nitrogens with one attached hydrogen (secondary N) is 1. The second kappa shape index (κ2) is 9.73. The van der Waals surface area contributed by atoms with Crippen LogP contribution in [0.15, 0.2) is 0 Å². The Balaban J connectivity index is 1.95. The van der Waals surface area contributed by atoms with E-state index in [-0.39, 0.29) is 0 Å². The average molecular weight is 257 g/mol. The molecule has 0 radical (unpaired) electrons. The molecule has 4 heteroatoms. The summed E-state index contributed by atoms with van der Waals surface area (Å²) in [7, 11) is 1.76. The van der Waals surface area contributed by atoms with Crippen LogP contribution in [0.2, 0.25) is 0 Å². The van der Waals surface area contributed by atoms with Gasteiger partial charge < -0.3 is 15.0 Å². The van der Waals surface area contributed by atoms with Gasteiger partial charge in [-0.1, -0.05) is 13.8 Å². The quantitative estimate of drug-likeness (QED) is 0.621. The Kier molecular flexibility index (Phi) is 8.59. The fourth-order valence-electron chi connectivity index (χ4n) is 2.42. The fourth-order valence-corrected chi connectivity index (χ4v) is 2.42. The lowest BCUT2D eigenvalue weighted by atomic mass is 10.2. The van der Waals surface area contributed by atoms with Crippen molar-refractivity contribution in [2.24, 2.45) is 5.92 Å². The van der Waals surface area contributed by atoms with Crippen LogP contribution in [-0.4, -0.2) is 75.9 Å². The number of hydrogen-bond acceptors (Lipinski definition) is 4. The standard InChI is InChI=1S/C14H31N3O/c1-14(2)13-17-10-8-16(9-11-17)7-6-15-5-4-12-18-3/h14-15H,4-13H2,1-3H3. The fraction of sp³-hybridized carbons (Fsp3) is 1.00. The minimum atomic E-state index is 0.791. The first-order chi connectivity index (χ1) is 8.72. The van der Waals surface area contributed by atoms with Gasteiger partial charge in [0, 0.05) is 59.5 Å². The first-order valence-electron chi connectivity index (χ1n) is 7.36. The zero-order chi connectivity index (χ0) is 13.2. The van der Waals surface area contributed by atoms with Gasteiger partial charge in [-0.25, -0.2) is 0 Å². The topological polar surface area (TPSA) is 27.7 Å². The molecule has 0 atom stereocenters. The lowest BCUT2D eigenvalue weighted by Gasteiger charge is -2.35. The Morgan fingerprint density at radius 3 is 2.33 bits per heavy atom. The Hall–Kier alpha value is -0.160. The predicted molar refractivity (Wildman–Crippen MR) is 77.1 cm³/mol. The van der Waals surface area contributed by atoms with Gasteiger partial charge in [-0.3, -0.25) is 4.90 Å². The molecule has 1 saturated heterocycles. The summed E-state index contributed by atoms with van der Waals surface area (Å²) in [6, 6.07) is 0. The average Bonchev–Trinajstić information content (AvgIpc) is 2.35. The van der Waals surface area contributed by atoms with E-state index in [0.717, 1.165) is 32.0 Å². The monoisotopic (exact) mass is 257 g/mol. The van der Waals surface area contributed by atoms with Crippen LogP contribution in [0, 0.1) is 5.92 Å². The molecule has 0 aromatic rings. The van der Waals surface area contributed by atoms with E-state index in [1.807, 2.05) is 0 Å². The lowest BCUT2D eigenvalue weighted by Crippen LogP contribution is -2.48. The van der Waals surface area contributed by atoms with E-state index in [1.54, 1.807) is 7.11 Å². The van der Waals surface area contributed by atoms with Crippen molar-refractivity contribution >= 4 is 0 Å². The molecule has 0 amide bonds. The van der Waals surface area contributed by atoms with Crippen LogP contribution in [-0.2, 0) is 4.74 Å². The maximum atomic E-state index is 5.03. The molecule has 1 fully saturated rings. The van der Waals surface area contributed by atoms with Crippen LogP contribution in [0.25, 0.3) is 0 Å². The van der Waals surface area contributed by atoms with Crippen molar-refractivity contribution in [1.29, 1.82) is 0 Å². The minimum absolute atomic E-state index is 0.791. The van der Waals surface area contributed by atoms with Gasteiger partial charge in [0.05, 0.1) is 0 Å². The summed E-state index contributed by atoms with van der Waals surface area (Å²) in [4.78, 5) is 5.16. The molecule has 0 saturated carbocycles. The smallest absolute Gasteiger partial charge is 0.0474 e. The summed E-state index contributed by atoms with van der Waals surface area (Å²) in [5.41, 5.74) is 0. The second-order valence-corrected chi connectivity index (χ2v) is 5.63. The molecule has 0 spiro atoms. The largest absolute Gasteiger partial charge is 0.385 e. The van der Waals surface area contributed by atoms with Crippen molar-refractivity contribution in [3.8, 4) is 0 Å². The van der Waals surface area contributed by atoms with Crippen molar-refractivity contribution in [3.05, 3.63) is 0 Å². The molecule has 1 heterocycles. The van der Waals surface area contributed by atoms with Crippen molar-refractivity contribution in [3.63, 3.8) is 0 Å². The van der Waals surface area contributed by atoms with Crippen molar-refractivity contribution < 1.29 is 4.74 Å². The molecule has 1 N–H and O–H groups in total. The molecule has 1 rings (SSSR count). The number of piperazine rings is 1. The Morgan fingerprint density at radius 1 is 1.06 bits per heavy atom. The van der Waals surface area contributed by atoms with E-state index in [2.05, 4.69) is 29.0 Å². The molecule has 0 aliphatic carbocycles. The highest BCUT2D eigenvalue weighted by Gasteiger charge is 2.16. The Bertz CT molecular complexity index is 191. The number of rotatable bonds is 9. The van der Waals surface area contributed by atoms with E-state index in [0.29, 0.717) is 0 Å². The minimum Gasteiger partial charge on any atom is -0.385 e. The molecule has 0 bridgehead atoms. The van der Waals surface area contributed by atoms with Crippen molar-refractivity contribution in [1.82, 2.24) is 15.1 Å². The normalized spacial score (nSPS) is 18.7. The van der Waals surface area contributed by atoms with Crippen LogP contribution in [0.4, 0.5) is 0 Å². The van der Waals surface area contributed by atoms with Gasteiger partial charge in [-0.05, 0) is 18.9 Å². The number of methoxy groups -OCH3 is 1. The molecule has 0 unspecified atom stereocenters. The summed E-state index contributed by atoms with van der Waals surface area (Å²) in [6.07, 6.45) is 1.11. The van der Waals surface area contributed by atoms with Crippen LogP contribution >= 0.6 is 0 Å². The van der Waals surface area contributed by atoms with Gasteiger partial charge in [0.25, 0.3) is 0 Å². The number of hydrogen-bond donors (Lipinski definition) is 1. The van der Waals surface area contributed by atoms with Crippen LogP contribution in [0.1, 0.15) is 20.3 Å². The van der Waals surface area contributed by atoms with Gasteiger partial charge in [-0.2, -0.15) is 0 Å².